The normalized spacial score (nSPS) is 28.8. The SMILES string of the molecule is CCc1cc([C@]23CC2CN(CCC2CCC(NC(=O)c4cccc5nn(C)cc45)CC2)C3)no1. The van der Waals surface area contributed by atoms with Crippen molar-refractivity contribution < 1.29 is 9.32 Å². The molecule has 1 amide bonds. The smallest absolute Gasteiger partial charge is 0.252 e. The van der Waals surface area contributed by atoms with Gasteiger partial charge in [0.05, 0.1) is 16.8 Å². The van der Waals surface area contributed by atoms with Crippen LogP contribution in [0.2, 0.25) is 0 Å². The van der Waals surface area contributed by atoms with Gasteiger partial charge in [-0.15, -0.1) is 0 Å². The molecule has 0 bridgehead atoms. The van der Waals surface area contributed by atoms with Gasteiger partial charge in [-0.3, -0.25) is 9.48 Å². The van der Waals surface area contributed by atoms with E-state index in [-0.39, 0.29) is 17.4 Å². The molecule has 6 rings (SSSR count). The van der Waals surface area contributed by atoms with Gasteiger partial charge in [0.2, 0.25) is 0 Å². The number of fused-ring (bicyclic) bond motifs is 2. The van der Waals surface area contributed by atoms with Crippen LogP contribution in [-0.2, 0) is 18.9 Å². The zero-order chi connectivity index (χ0) is 23.3. The number of hydrogen-bond donors (Lipinski definition) is 1. The van der Waals surface area contributed by atoms with E-state index in [1.54, 1.807) is 4.68 Å². The lowest BCUT2D eigenvalue weighted by Gasteiger charge is -2.30. The summed E-state index contributed by atoms with van der Waals surface area (Å²) in [5.41, 5.74) is 3.06. The van der Waals surface area contributed by atoms with Gasteiger partial charge >= 0.3 is 0 Å². The van der Waals surface area contributed by atoms with Crippen molar-refractivity contribution in [3.63, 3.8) is 0 Å². The molecule has 2 aliphatic carbocycles. The van der Waals surface area contributed by atoms with Gasteiger partial charge in [-0.25, -0.2) is 0 Å². The highest BCUT2D eigenvalue weighted by Gasteiger charge is 2.62. The van der Waals surface area contributed by atoms with E-state index in [1.807, 2.05) is 31.4 Å². The van der Waals surface area contributed by atoms with Crippen LogP contribution < -0.4 is 5.32 Å². The topological polar surface area (TPSA) is 76.2 Å². The highest BCUT2D eigenvalue weighted by atomic mass is 16.5. The Bertz CT molecular complexity index is 1190. The summed E-state index contributed by atoms with van der Waals surface area (Å²) in [5, 5.41) is 13.0. The number of nitrogens with one attached hydrogen (secondary N) is 1. The molecule has 0 spiro atoms. The van der Waals surface area contributed by atoms with Gasteiger partial charge < -0.3 is 14.7 Å². The second-order valence-corrected chi connectivity index (χ2v) is 10.8. The lowest BCUT2D eigenvalue weighted by molar-refractivity contribution is 0.0921. The van der Waals surface area contributed by atoms with E-state index in [2.05, 4.69) is 33.5 Å². The number of piperidine rings is 1. The maximum Gasteiger partial charge on any atom is 0.252 e. The maximum atomic E-state index is 13.0. The Hall–Kier alpha value is -2.67. The number of carbonyl (C=O) groups is 1. The predicted molar refractivity (Wildman–Crippen MR) is 131 cm³/mol. The second-order valence-electron chi connectivity index (χ2n) is 10.8. The number of nitrogens with zero attached hydrogens (tertiary/aromatic N) is 4. The monoisotopic (exact) mass is 461 g/mol. The third kappa shape index (κ3) is 3.94. The number of aromatic nitrogens is 3. The number of rotatable bonds is 7. The molecule has 2 aromatic heterocycles. The first-order chi connectivity index (χ1) is 16.5. The van der Waals surface area contributed by atoms with E-state index in [4.69, 9.17) is 4.52 Å². The molecule has 1 N–H and O–H groups in total. The Morgan fingerprint density at radius 1 is 1.26 bits per heavy atom. The predicted octanol–water partition coefficient (Wildman–Crippen LogP) is 4.08. The van der Waals surface area contributed by atoms with Gasteiger partial charge in [-0.2, -0.15) is 5.10 Å². The van der Waals surface area contributed by atoms with Gasteiger partial charge in [0.15, 0.2) is 0 Å². The molecule has 7 nitrogen and oxygen atoms in total. The van der Waals surface area contributed by atoms with Crippen LogP contribution >= 0.6 is 0 Å². The minimum absolute atomic E-state index is 0.0303. The van der Waals surface area contributed by atoms with Crippen molar-refractivity contribution in [3.8, 4) is 0 Å². The fourth-order valence-corrected chi connectivity index (χ4v) is 6.45. The number of likely N-dealkylation sites (tertiary alicyclic amines) is 1. The Morgan fingerprint density at radius 2 is 2.12 bits per heavy atom. The summed E-state index contributed by atoms with van der Waals surface area (Å²) in [5.74, 6) is 2.57. The highest BCUT2D eigenvalue weighted by molar-refractivity contribution is 6.06. The van der Waals surface area contributed by atoms with Crippen LogP contribution in [0, 0.1) is 11.8 Å². The number of amides is 1. The van der Waals surface area contributed by atoms with Crippen LogP contribution in [0.3, 0.4) is 0 Å². The van der Waals surface area contributed by atoms with Gasteiger partial charge in [0, 0.05) is 55.7 Å². The lowest BCUT2D eigenvalue weighted by Crippen LogP contribution is -2.38. The Kier molecular flexibility index (Phi) is 5.47. The molecule has 1 unspecified atom stereocenters. The molecule has 2 saturated carbocycles. The summed E-state index contributed by atoms with van der Waals surface area (Å²) < 4.78 is 7.26. The van der Waals surface area contributed by atoms with Crippen LogP contribution in [0.25, 0.3) is 10.9 Å². The van der Waals surface area contributed by atoms with E-state index < -0.39 is 0 Å². The summed E-state index contributed by atoms with van der Waals surface area (Å²) in [4.78, 5) is 15.6. The average Bonchev–Trinajstić information content (AvgIpc) is 3.23. The highest BCUT2D eigenvalue weighted by Crippen LogP contribution is 2.58. The molecule has 1 aromatic carbocycles. The number of carbonyl (C=O) groups excluding carboxylic acids is 1. The lowest BCUT2D eigenvalue weighted by atomic mass is 9.84. The van der Waals surface area contributed by atoms with Crippen molar-refractivity contribution >= 4 is 16.8 Å². The summed E-state index contributed by atoms with van der Waals surface area (Å²) in [6.45, 7) is 5.65. The molecule has 0 radical (unpaired) electrons. The zero-order valence-corrected chi connectivity index (χ0v) is 20.3. The summed E-state index contributed by atoms with van der Waals surface area (Å²) in [7, 11) is 1.89. The van der Waals surface area contributed by atoms with Crippen molar-refractivity contribution in [1.29, 1.82) is 0 Å². The first-order valence-electron chi connectivity index (χ1n) is 13.0. The summed E-state index contributed by atoms with van der Waals surface area (Å²) in [6.07, 6.45) is 9.93. The van der Waals surface area contributed by atoms with Crippen molar-refractivity contribution in [2.75, 3.05) is 19.6 Å². The molecule has 34 heavy (non-hydrogen) atoms. The Balaban J connectivity index is 0.971. The van der Waals surface area contributed by atoms with Crippen LogP contribution in [0.5, 0.6) is 0 Å². The van der Waals surface area contributed by atoms with Crippen LogP contribution in [0.15, 0.2) is 35.0 Å². The van der Waals surface area contributed by atoms with Gasteiger partial charge in [0.25, 0.3) is 5.91 Å². The van der Waals surface area contributed by atoms with E-state index >= 15 is 0 Å². The van der Waals surface area contributed by atoms with Crippen LogP contribution in [0.4, 0.5) is 0 Å². The molecule has 1 aliphatic heterocycles. The fraction of sp³-hybridized carbons (Fsp3) is 0.593. The molecule has 3 aromatic rings. The molecule has 180 valence electrons. The molecule has 3 aliphatic rings. The van der Waals surface area contributed by atoms with Crippen molar-refractivity contribution in [1.82, 2.24) is 25.2 Å². The molecule has 7 heteroatoms. The maximum absolute atomic E-state index is 13.0. The standard InChI is InChI=1S/C27H35N5O2/c1-3-21-13-25(30-34-21)27-14-19(27)15-32(17-27)12-11-18-7-9-20(10-8-18)28-26(33)22-5-4-6-24-23(22)16-31(2)29-24/h4-6,13,16,18-20H,3,7-12,14-15,17H2,1-2H3,(H,28,33)/t18?,19?,20?,27-/m0/s1. The minimum Gasteiger partial charge on any atom is -0.361 e. The van der Waals surface area contributed by atoms with Crippen LogP contribution in [0.1, 0.15) is 67.3 Å². The average molecular weight is 462 g/mol. The van der Waals surface area contributed by atoms with Crippen LogP contribution in [-0.4, -0.2) is 51.4 Å². The van der Waals surface area contributed by atoms with Crippen molar-refractivity contribution in [2.45, 2.75) is 63.3 Å². The third-order valence-electron chi connectivity index (χ3n) is 8.58. The fourth-order valence-electron chi connectivity index (χ4n) is 6.45. The molecule has 3 heterocycles. The summed E-state index contributed by atoms with van der Waals surface area (Å²) >= 11 is 0. The first-order valence-corrected chi connectivity index (χ1v) is 13.0. The molecule has 1 saturated heterocycles. The van der Waals surface area contributed by atoms with Crippen molar-refractivity contribution in [2.24, 2.45) is 18.9 Å². The third-order valence-corrected chi connectivity index (χ3v) is 8.58. The van der Waals surface area contributed by atoms with E-state index in [0.717, 1.165) is 59.9 Å². The molecular weight excluding hydrogens is 426 g/mol. The molecule has 2 atom stereocenters. The zero-order valence-electron chi connectivity index (χ0n) is 20.3. The quantitative estimate of drug-likeness (QED) is 0.574. The van der Waals surface area contributed by atoms with Gasteiger partial charge in [0.1, 0.15) is 5.76 Å². The van der Waals surface area contributed by atoms with Crippen molar-refractivity contribution in [3.05, 3.63) is 47.5 Å². The van der Waals surface area contributed by atoms with Gasteiger partial charge in [-0.1, -0.05) is 18.1 Å². The van der Waals surface area contributed by atoms with Gasteiger partial charge in [-0.05, 0) is 69.0 Å². The minimum atomic E-state index is 0.0303. The van der Waals surface area contributed by atoms with E-state index in [0.29, 0.717) is 0 Å². The second kappa shape index (κ2) is 8.52. The molecular formula is C27H35N5O2. The number of aryl methyl sites for hydroxylation is 2. The Labute approximate surface area is 200 Å². The number of hydrogen-bond acceptors (Lipinski definition) is 5. The summed E-state index contributed by atoms with van der Waals surface area (Å²) in [6, 6.07) is 8.24. The largest absolute Gasteiger partial charge is 0.361 e. The van der Waals surface area contributed by atoms with E-state index in [1.165, 1.54) is 44.5 Å². The number of benzene rings is 1. The van der Waals surface area contributed by atoms with E-state index in [9.17, 15) is 4.79 Å². The first kappa shape index (κ1) is 21.8. The Morgan fingerprint density at radius 3 is 2.91 bits per heavy atom. The molecule has 3 fully saturated rings.